The van der Waals surface area contributed by atoms with Crippen molar-refractivity contribution in [3.63, 3.8) is 0 Å². The molecule has 1 saturated heterocycles. The molecular weight excluding hydrogens is 533 g/mol. The van der Waals surface area contributed by atoms with E-state index in [0.29, 0.717) is 48.8 Å². The van der Waals surface area contributed by atoms with Gasteiger partial charge in [-0.25, -0.2) is 9.18 Å². The number of aromatic nitrogens is 1. The molecule has 2 heterocycles. The third-order valence-corrected chi connectivity index (χ3v) is 6.82. The number of carbonyl (C=O) groups is 1. The van der Waals surface area contributed by atoms with Crippen LogP contribution >= 0.6 is 0 Å². The highest BCUT2D eigenvalue weighted by atomic mass is 19.1. The first-order valence-electron chi connectivity index (χ1n) is 14.1. The summed E-state index contributed by atoms with van der Waals surface area (Å²) in [6, 6.07) is 27.7. The van der Waals surface area contributed by atoms with Crippen LogP contribution in [-0.2, 0) is 18.0 Å². The molecule has 3 aromatic carbocycles. The molecule has 0 bridgehead atoms. The first kappa shape index (κ1) is 29.1. The van der Waals surface area contributed by atoms with Crippen LogP contribution in [0.4, 0.5) is 9.18 Å². The van der Waals surface area contributed by atoms with Gasteiger partial charge in [-0.2, -0.15) is 4.98 Å². The van der Waals surface area contributed by atoms with E-state index in [1.54, 1.807) is 23.1 Å². The monoisotopic (exact) mass is 569 g/mol. The van der Waals surface area contributed by atoms with E-state index in [1.165, 1.54) is 6.07 Å². The van der Waals surface area contributed by atoms with Crippen LogP contribution in [0.5, 0.6) is 11.8 Å². The van der Waals surface area contributed by atoms with E-state index < -0.39 is 17.5 Å². The average molecular weight is 570 g/mol. The lowest BCUT2D eigenvalue weighted by atomic mass is 9.98. The Morgan fingerprint density at radius 1 is 0.905 bits per heavy atom. The van der Waals surface area contributed by atoms with Crippen molar-refractivity contribution in [2.24, 2.45) is 0 Å². The Balaban J connectivity index is 1.41. The molecule has 1 aliphatic rings. The lowest BCUT2D eigenvalue weighted by molar-refractivity contribution is 0.0117. The van der Waals surface area contributed by atoms with Crippen molar-refractivity contribution in [2.75, 3.05) is 19.6 Å². The van der Waals surface area contributed by atoms with Crippen LogP contribution < -0.4 is 14.8 Å². The van der Waals surface area contributed by atoms with Crippen LogP contribution in [0, 0.1) is 5.82 Å². The zero-order valence-electron chi connectivity index (χ0n) is 24.2. The fourth-order valence-electron chi connectivity index (χ4n) is 4.77. The molecule has 1 N–H and O–H groups in total. The first-order valence-corrected chi connectivity index (χ1v) is 14.1. The van der Waals surface area contributed by atoms with E-state index in [9.17, 15) is 4.79 Å². The Bertz CT molecular complexity index is 1490. The van der Waals surface area contributed by atoms with E-state index in [4.69, 9.17) is 14.2 Å². The molecule has 1 atom stereocenters. The maximum Gasteiger partial charge on any atom is 0.410 e. The number of benzene rings is 3. The molecule has 1 unspecified atom stereocenters. The van der Waals surface area contributed by atoms with Crippen LogP contribution in [0.15, 0.2) is 91.0 Å². The summed E-state index contributed by atoms with van der Waals surface area (Å²) < 4.78 is 33.5. The number of amides is 1. The molecule has 0 radical (unpaired) electrons. The van der Waals surface area contributed by atoms with E-state index >= 15 is 4.39 Å². The minimum absolute atomic E-state index is 0.265. The molecule has 42 heavy (non-hydrogen) atoms. The maximum atomic E-state index is 15.8. The number of hydrogen-bond acceptors (Lipinski definition) is 6. The maximum absolute atomic E-state index is 15.8. The van der Waals surface area contributed by atoms with Crippen molar-refractivity contribution < 1.29 is 23.4 Å². The van der Waals surface area contributed by atoms with Crippen molar-refractivity contribution in [1.82, 2.24) is 15.2 Å². The lowest BCUT2D eigenvalue weighted by Crippen LogP contribution is -2.50. The minimum atomic E-state index is -0.623. The molecule has 8 heteroatoms. The third kappa shape index (κ3) is 7.44. The summed E-state index contributed by atoms with van der Waals surface area (Å²) >= 11 is 0. The number of nitrogens with one attached hydrogen (secondary N) is 1. The van der Waals surface area contributed by atoms with Gasteiger partial charge in [-0.1, -0.05) is 72.8 Å². The summed E-state index contributed by atoms with van der Waals surface area (Å²) in [7, 11) is 0. The Labute approximate surface area is 246 Å². The highest BCUT2D eigenvalue weighted by Crippen LogP contribution is 2.35. The van der Waals surface area contributed by atoms with E-state index in [0.717, 1.165) is 11.1 Å². The van der Waals surface area contributed by atoms with E-state index in [-0.39, 0.29) is 18.5 Å². The molecule has 0 spiro atoms. The second kappa shape index (κ2) is 13.0. The molecule has 1 amide bonds. The first-order chi connectivity index (χ1) is 20.3. The van der Waals surface area contributed by atoms with Gasteiger partial charge in [0.1, 0.15) is 24.6 Å². The minimum Gasteiger partial charge on any atom is -0.473 e. The second-order valence-corrected chi connectivity index (χ2v) is 11.2. The van der Waals surface area contributed by atoms with Crippen molar-refractivity contribution in [3.8, 4) is 22.9 Å². The van der Waals surface area contributed by atoms with Gasteiger partial charge in [0.05, 0.1) is 6.04 Å². The molecule has 5 rings (SSSR count). The van der Waals surface area contributed by atoms with Gasteiger partial charge < -0.3 is 19.5 Å². The molecular formula is C34H36FN3O4. The van der Waals surface area contributed by atoms with Gasteiger partial charge in [-0.15, -0.1) is 0 Å². The van der Waals surface area contributed by atoms with E-state index in [1.807, 2.05) is 87.5 Å². The van der Waals surface area contributed by atoms with Gasteiger partial charge in [0.25, 0.3) is 0 Å². The summed E-state index contributed by atoms with van der Waals surface area (Å²) in [5, 5.41) is 3.30. The average Bonchev–Trinajstić information content (AvgIpc) is 2.99. The molecule has 1 fully saturated rings. The molecule has 0 saturated carbocycles. The van der Waals surface area contributed by atoms with Gasteiger partial charge in [-0.3, -0.25) is 4.90 Å². The highest BCUT2D eigenvalue weighted by molar-refractivity contribution is 5.71. The summed E-state index contributed by atoms with van der Waals surface area (Å²) in [6.45, 7) is 7.72. The Morgan fingerprint density at radius 3 is 2.19 bits per heavy atom. The highest BCUT2D eigenvalue weighted by Gasteiger charge is 2.32. The Hall–Kier alpha value is -4.43. The topological polar surface area (TPSA) is 72.9 Å². The van der Waals surface area contributed by atoms with Crippen LogP contribution in [0.25, 0.3) is 11.1 Å². The molecule has 1 aliphatic heterocycles. The van der Waals surface area contributed by atoms with Crippen LogP contribution in [-0.4, -0.2) is 41.2 Å². The summed E-state index contributed by atoms with van der Waals surface area (Å²) in [5.41, 5.74) is 2.88. The molecule has 4 aromatic rings. The van der Waals surface area contributed by atoms with Crippen molar-refractivity contribution in [2.45, 2.75) is 45.6 Å². The second-order valence-electron chi connectivity index (χ2n) is 11.2. The lowest BCUT2D eigenvalue weighted by Gasteiger charge is -2.37. The summed E-state index contributed by atoms with van der Waals surface area (Å²) in [5.74, 6) is 0.210. The number of halogens is 1. The number of ether oxygens (including phenoxy) is 3. The predicted octanol–water partition coefficient (Wildman–Crippen LogP) is 6.93. The smallest absolute Gasteiger partial charge is 0.410 e. The van der Waals surface area contributed by atoms with Gasteiger partial charge in [-0.05, 0) is 49.6 Å². The normalized spacial score (nSPS) is 15.2. The number of hydrogen-bond donors (Lipinski definition) is 1. The fourth-order valence-corrected chi connectivity index (χ4v) is 4.77. The van der Waals surface area contributed by atoms with Crippen molar-refractivity contribution in [1.29, 1.82) is 0 Å². The van der Waals surface area contributed by atoms with Crippen LogP contribution in [0.1, 0.15) is 43.5 Å². The summed E-state index contributed by atoms with van der Waals surface area (Å²) in [6.07, 6.45) is -0.412. The van der Waals surface area contributed by atoms with Crippen LogP contribution in [0.2, 0.25) is 0 Å². The van der Waals surface area contributed by atoms with Gasteiger partial charge in [0.15, 0.2) is 0 Å². The third-order valence-electron chi connectivity index (χ3n) is 6.82. The summed E-state index contributed by atoms with van der Waals surface area (Å²) in [4.78, 5) is 19.2. The number of carbonyl (C=O) groups excluding carboxylic acids is 1. The zero-order chi connectivity index (χ0) is 29.5. The molecule has 1 aromatic heterocycles. The van der Waals surface area contributed by atoms with E-state index in [2.05, 4.69) is 10.3 Å². The number of nitrogens with zero attached hydrogens (tertiary/aromatic N) is 2. The number of piperazine rings is 1. The molecule has 0 aliphatic carbocycles. The SMILES string of the molecule is CC(C)(C)OC(=O)N1CCNCC1c1ccc(-c2ccc(OCc3ccccc3)nc2OCc2ccccc2)c(F)c1. The van der Waals surface area contributed by atoms with Crippen molar-refractivity contribution >= 4 is 6.09 Å². The number of rotatable bonds is 8. The van der Waals surface area contributed by atoms with Gasteiger partial charge in [0, 0.05) is 36.8 Å². The van der Waals surface area contributed by atoms with Crippen molar-refractivity contribution in [3.05, 3.63) is 114 Å². The predicted molar refractivity (Wildman–Crippen MR) is 160 cm³/mol. The Kier molecular flexibility index (Phi) is 9.03. The largest absolute Gasteiger partial charge is 0.473 e. The molecule has 7 nitrogen and oxygen atoms in total. The zero-order valence-corrected chi connectivity index (χ0v) is 24.2. The van der Waals surface area contributed by atoms with Crippen LogP contribution in [0.3, 0.4) is 0 Å². The van der Waals surface area contributed by atoms with Gasteiger partial charge >= 0.3 is 6.09 Å². The molecule has 218 valence electrons. The Morgan fingerprint density at radius 2 is 1.55 bits per heavy atom. The van der Waals surface area contributed by atoms with Gasteiger partial charge in [0.2, 0.25) is 11.8 Å². The fraction of sp³-hybridized carbons (Fsp3) is 0.294. The quantitative estimate of drug-likeness (QED) is 0.248. The standard InChI is InChI=1S/C34H36FN3O4/c1-34(2,3)42-33(39)38-19-18-36-21-30(38)26-14-15-27(29(35)20-26)28-16-17-31(40-22-24-10-6-4-7-11-24)37-32(28)41-23-25-12-8-5-9-13-25/h4-17,20,30,36H,18-19,21-23H2,1-3H3. The number of pyridine rings is 1.